The third kappa shape index (κ3) is 3.14. The minimum absolute atomic E-state index is 0.0339. The van der Waals surface area contributed by atoms with Gasteiger partial charge >= 0.3 is 0 Å². The number of ether oxygens (including phenoxy) is 1. The van der Waals surface area contributed by atoms with Gasteiger partial charge in [-0.1, -0.05) is 17.7 Å². The zero-order valence-electron chi connectivity index (χ0n) is 13.7. The molecule has 0 aliphatic carbocycles. The molecular weight excluding hydrogens is 322 g/mol. The predicted molar refractivity (Wildman–Crippen MR) is 96.4 cm³/mol. The average molecular weight is 344 g/mol. The van der Waals surface area contributed by atoms with Gasteiger partial charge in [-0.05, 0) is 49.7 Å². The molecular formula is C19H22ClN3O. The van der Waals surface area contributed by atoms with Crippen LogP contribution in [0, 0.1) is 0 Å². The second-order valence-corrected chi connectivity index (χ2v) is 7.09. The van der Waals surface area contributed by atoms with E-state index in [2.05, 4.69) is 22.0 Å². The van der Waals surface area contributed by atoms with Crippen molar-refractivity contribution in [3.8, 4) is 17.0 Å². The number of nitrogens with two attached hydrogens (primary N) is 1. The third-order valence-electron chi connectivity index (χ3n) is 4.83. The molecule has 2 aromatic rings. The third-order valence-corrected chi connectivity index (χ3v) is 5.05. The molecule has 5 heteroatoms. The van der Waals surface area contributed by atoms with E-state index in [1.165, 1.54) is 31.5 Å². The van der Waals surface area contributed by atoms with Gasteiger partial charge in [-0.25, -0.2) is 0 Å². The monoisotopic (exact) mass is 343 g/mol. The number of halogens is 1. The van der Waals surface area contributed by atoms with Gasteiger partial charge in [-0.3, -0.25) is 9.88 Å². The van der Waals surface area contributed by atoms with E-state index in [0.29, 0.717) is 11.6 Å². The summed E-state index contributed by atoms with van der Waals surface area (Å²) in [6.45, 7) is 3.87. The van der Waals surface area contributed by atoms with Crippen LogP contribution in [-0.2, 0) is 13.0 Å². The fourth-order valence-corrected chi connectivity index (χ4v) is 3.83. The van der Waals surface area contributed by atoms with Crippen molar-refractivity contribution in [1.82, 2.24) is 9.88 Å². The molecule has 24 heavy (non-hydrogen) atoms. The van der Waals surface area contributed by atoms with E-state index in [9.17, 15) is 0 Å². The Bertz CT molecular complexity index is 726. The predicted octanol–water partition coefficient (Wildman–Crippen LogP) is 3.26. The number of pyridine rings is 1. The zero-order chi connectivity index (χ0) is 16.5. The van der Waals surface area contributed by atoms with Crippen LogP contribution in [0.4, 0.5) is 0 Å². The normalized spacial score (nSPS) is 20.2. The molecule has 0 bridgehead atoms. The molecule has 0 spiro atoms. The molecule has 2 aliphatic rings. The number of nitrogens with zero attached hydrogens (tertiary/aromatic N) is 2. The summed E-state index contributed by atoms with van der Waals surface area (Å²) in [5.41, 5.74) is 9.99. The highest BCUT2D eigenvalue weighted by Crippen LogP contribution is 2.40. The molecule has 1 aromatic carbocycles. The molecule has 3 heterocycles. The van der Waals surface area contributed by atoms with Gasteiger partial charge in [-0.15, -0.1) is 0 Å². The van der Waals surface area contributed by atoms with E-state index in [0.717, 1.165) is 35.5 Å². The summed E-state index contributed by atoms with van der Waals surface area (Å²) >= 11 is 6.29. The SMILES string of the molecule is NC[C@H]1Cc2cc(Cl)cc(-c3ccc(CN4CCCC4)cn3)c2O1. The first-order valence-electron chi connectivity index (χ1n) is 8.60. The fraction of sp³-hybridized carbons (Fsp3) is 0.421. The molecule has 0 unspecified atom stereocenters. The van der Waals surface area contributed by atoms with Gasteiger partial charge in [0.1, 0.15) is 11.9 Å². The highest BCUT2D eigenvalue weighted by atomic mass is 35.5. The number of hydrogen-bond donors (Lipinski definition) is 1. The number of rotatable bonds is 4. The van der Waals surface area contributed by atoms with Crippen molar-refractivity contribution in [1.29, 1.82) is 0 Å². The Morgan fingerprint density at radius 3 is 2.79 bits per heavy atom. The minimum Gasteiger partial charge on any atom is -0.488 e. The number of aromatic nitrogens is 1. The molecule has 4 rings (SSSR count). The Morgan fingerprint density at radius 2 is 2.08 bits per heavy atom. The molecule has 4 nitrogen and oxygen atoms in total. The van der Waals surface area contributed by atoms with Crippen molar-refractivity contribution in [3.63, 3.8) is 0 Å². The van der Waals surface area contributed by atoms with Gasteiger partial charge in [0.15, 0.2) is 0 Å². The topological polar surface area (TPSA) is 51.4 Å². The quantitative estimate of drug-likeness (QED) is 0.925. The Hall–Kier alpha value is -1.62. The lowest BCUT2D eigenvalue weighted by molar-refractivity contribution is 0.242. The van der Waals surface area contributed by atoms with Crippen LogP contribution in [0.25, 0.3) is 11.3 Å². The Morgan fingerprint density at radius 1 is 1.25 bits per heavy atom. The summed E-state index contributed by atoms with van der Waals surface area (Å²) < 4.78 is 6.00. The molecule has 1 saturated heterocycles. The van der Waals surface area contributed by atoms with Gasteiger partial charge in [0.05, 0.1) is 5.69 Å². The van der Waals surface area contributed by atoms with Gasteiger partial charge < -0.3 is 10.5 Å². The highest BCUT2D eigenvalue weighted by Gasteiger charge is 2.26. The van der Waals surface area contributed by atoms with Crippen LogP contribution >= 0.6 is 11.6 Å². The second kappa shape index (κ2) is 6.71. The van der Waals surface area contributed by atoms with Crippen molar-refractivity contribution in [2.45, 2.75) is 31.9 Å². The van der Waals surface area contributed by atoms with Crippen LogP contribution in [-0.4, -0.2) is 35.6 Å². The fourth-order valence-electron chi connectivity index (χ4n) is 3.59. The summed E-state index contributed by atoms with van der Waals surface area (Å²) in [7, 11) is 0. The highest BCUT2D eigenvalue weighted by molar-refractivity contribution is 6.31. The van der Waals surface area contributed by atoms with Crippen LogP contribution < -0.4 is 10.5 Å². The van der Waals surface area contributed by atoms with E-state index in [1.807, 2.05) is 18.3 Å². The number of fused-ring (bicyclic) bond motifs is 1. The molecule has 126 valence electrons. The van der Waals surface area contributed by atoms with Crippen molar-refractivity contribution < 1.29 is 4.74 Å². The summed E-state index contributed by atoms with van der Waals surface area (Å²) in [6, 6.07) is 8.12. The maximum absolute atomic E-state index is 6.29. The first kappa shape index (κ1) is 15.9. The molecule has 1 aromatic heterocycles. The minimum atomic E-state index is 0.0339. The van der Waals surface area contributed by atoms with Crippen LogP contribution in [0.2, 0.25) is 5.02 Å². The Labute approximate surface area is 147 Å². The van der Waals surface area contributed by atoms with Crippen molar-refractivity contribution in [2.75, 3.05) is 19.6 Å². The maximum atomic E-state index is 6.29. The molecule has 0 saturated carbocycles. The van der Waals surface area contributed by atoms with Crippen LogP contribution in [0.3, 0.4) is 0 Å². The lowest BCUT2D eigenvalue weighted by Crippen LogP contribution is -2.24. The van der Waals surface area contributed by atoms with Gasteiger partial charge in [0, 0.05) is 41.9 Å². The maximum Gasteiger partial charge on any atom is 0.132 e. The van der Waals surface area contributed by atoms with Gasteiger partial charge in [-0.2, -0.15) is 0 Å². The largest absolute Gasteiger partial charge is 0.488 e. The number of likely N-dealkylation sites (tertiary alicyclic amines) is 1. The van der Waals surface area contributed by atoms with E-state index in [1.54, 1.807) is 0 Å². The lowest BCUT2D eigenvalue weighted by Gasteiger charge is -2.15. The van der Waals surface area contributed by atoms with Crippen molar-refractivity contribution >= 4 is 11.6 Å². The lowest BCUT2D eigenvalue weighted by atomic mass is 10.0. The first-order chi connectivity index (χ1) is 11.7. The zero-order valence-corrected chi connectivity index (χ0v) is 14.4. The molecule has 1 atom stereocenters. The van der Waals surface area contributed by atoms with Crippen LogP contribution in [0.1, 0.15) is 24.0 Å². The van der Waals surface area contributed by atoms with E-state index >= 15 is 0 Å². The van der Waals surface area contributed by atoms with Crippen LogP contribution in [0.15, 0.2) is 30.5 Å². The smallest absolute Gasteiger partial charge is 0.132 e. The van der Waals surface area contributed by atoms with Crippen molar-refractivity contribution in [3.05, 3.63) is 46.6 Å². The summed E-state index contributed by atoms with van der Waals surface area (Å²) in [5, 5.41) is 0.716. The molecule has 2 N–H and O–H groups in total. The van der Waals surface area contributed by atoms with Crippen LogP contribution in [0.5, 0.6) is 5.75 Å². The standard InChI is InChI=1S/C19H22ClN3O/c20-15-7-14-8-16(10-21)24-19(14)17(9-15)18-4-3-13(11-22-18)12-23-5-1-2-6-23/h3-4,7,9,11,16H,1-2,5-6,8,10,12,21H2/t16-/m1/s1. The van der Waals surface area contributed by atoms with E-state index in [-0.39, 0.29) is 6.10 Å². The number of benzene rings is 1. The van der Waals surface area contributed by atoms with Gasteiger partial charge in [0.2, 0.25) is 0 Å². The summed E-state index contributed by atoms with van der Waals surface area (Å²) in [4.78, 5) is 7.14. The van der Waals surface area contributed by atoms with E-state index < -0.39 is 0 Å². The first-order valence-corrected chi connectivity index (χ1v) is 8.97. The molecule has 1 fully saturated rings. The molecule has 0 radical (unpaired) electrons. The van der Waals surface area contributed by atoms with Crippen molar-refractivity contribution in [2.24, 2.45) is 5.73 Å². The Kier molecular flexibility index (Phi) is 4.44. The molecule has 0 amide bonds. The average Bonchev–Trinajstić information content (AvgIpc) is 3.24. The van der Waals surface area contributed by atoms with Gasteiger partial charge in [0.25, 0.3) is 0 Å². The molecule has 2 aliphatic heterocycles. The summed E-state index contributed by atoms with van der Waals surface area (Å²) in [6.07, 6.45) is 5.43. The second-order valence-electron chi connectivity index (χ2n) is 6.66. The Balaban J connectivity index is 1.60. The van der Waals surface area contributed by atoms with E-state index in [4.69, 9.17) is 22.1 Å². The summed E-state index contributed by atoms with van der Waals surface area (Å²) in [5.74, 6) is 0.884. The number of hydrogen-bond acceptors (Lipinski definition) is 4.